The van der Waals surface area contributed by atoms with Gasteiger partial charge in [0.25, 0.3) is 0 Å². The molecule has 0 N–H and O–H groups in total. The van der Waals surface area contributed by atoms with Gasteiger partial charge in [0.1, 0.15) is 0 Å². The van der Waals surface area contributed by atoms with Crippen LogP contribution in [0.5, 0.6) is 0 Å². The second-order valence-electron chi connectivity index (χ2n) is 7.64. The zero-order valence-electron chi connectivity index (χ0n) is 15.3. The van der Waals surface area contributed by atoms with Crippen LogP contribution in [0.15, 0.2) is 36.4 Å². The van der Waals surface area contributed by atoms with Crippen molar-refractivity contribution in [1.82, 2.24) is 0 Å². The van der Waals surface area contributed by atoms with Crippen molar-refractivity contribution < 1.29 is 40.4 Å². The zero-order valence-corrected chi connectivity index (χ0v) is 24.0. The van der Waals surface area contributed by atoms with Crippen LogP contribution in [0, 0.1) is 71.6 Å². The van der Waals surface area contributed by atoms with Crippen molar-refractivity contribution >= 4 is 71.5 Å². The molecule has 0 spiro atoms. The van der Waals surface area contributed by atoms with Gasteiger partial charge in [-0.15, -0.1) is 0 Å². The molecular weight excluding hydrogens is 638 g/mol. The first-order chi connectivity index (χ1) is 11.7. The molecule has 0 amide bonds. The summed E-state index contributed by atoms with van der Waals surface area (Å²) in [6.45, 7) is 4.87. The molecule has 2 radical (unpaired) electrons. The zero-order chi connectivity index (χ0) is 15.9. The minimum Gasteiger partial charge on any atom is 0 e. The largest absolute Gasteiger partial charge is 0 e. The van der Waals surface area contributed by atoms with E-state index in [4.69, 9.17) is 0 Å². The molecule has 1 fully saturated rings. The van der Waals surface area contributed by atoms with Crippen molar-refractivity contribution in [3.8, 4) is 0 Å². The Kier molecular flexibility index (Phi) is 5.13. The van der Waals surface area contributed by atoms with Crippen molar-refractivity contribution in [2.75, 3.05) is 11.5 Å². The first-order valence-electron chi connectivity index (χ1n) is 8.67. The van der Waals surface area contributed by atoms with Gasteiger partial charge in [-0.25, -0.2) is 0 Å². The van der Waals surface area contributed by atoms with Crippen LogP contribution in [0.3, 0.4) is 0 Å². The van der Waals surface area contributed by atoms with Crippen LogP contribution in [0.4, 0.5) is 0 Å². The molecule has 0 aromatic heterocycles. The Hall–Kier alpha value is 2.24. The molecular formula is C20H20S4SmSn-2. The van der Waals surface area contributed by atoms with E-state index in [0.29, 0.717) is 19.0 Å². The van der Waals surface area contributed by atoms with Crippen molar-refractivity contribution in [2.45, 2.75) is 24.0 Å². The second-order valence-corrected chi connectivity index (χ2v) is 18.4. The van der Waals surface area contributed by atoms with E-state index in [2.05, 4.69) is 46.5 Å². The molecule has 6 unspecified atom stereocenters. The van der Waals surface area contributed by atoms with E-state index in [1.807, 2.05) is 20.9 Å². The van der Waals surface area contributed by atoms with Crippen molar-refractivity contribution in [3.63, 3.8) is 0 Å². The van der Waals surface area contributed by atoms with E-state index in [-0.39, 0.29) is 47.8 Å². The standard InChI is InChI=1S/C18H14S4.2CH3.Sm.Sn/c1-7-8(2)16-15-13-10(7)6-21-5-9-3-4-11-14(12(9)17(13)21)18(15)22(19-11)20-16;;;;/h9,12,15-16H,5-6H2,1-2H3;2*1H3;;/q-1;;-1;;. The summed E-state index contributed by atoms with van der Waals surface area (Å²) < 4.78 is 1.74. The quantitative estimate of drug-likeness (QED) is 0.164. The maximum atomic E-state index is 4.08. The first kappa shape index (κ1) is 20.2. The summed E-state index contributed by atoms with van der Waals surface area (Å²) in [5.41, 5.74) is 8.94. The first-order valence-corrected chi connectivity index (χ1v) is 18.5. The minimum atomic E-state index is -0.395. The van der Waals surface area contributed by atoms with Crippen LogP contribution in [0.1, 0.15) is 13.8 Å². The van der Waals surface area contributed by atoms with Crippen LogP contribution < -0.4 is 0 Å². The Morgan fingerprint density at radius 2 is 1.96 bits per heavy atom. The molecule has 3 aliphatic carbocycles. The van der Waals surface area contributed by atoms with Crippen LogP contribution in [-0.4, -0.2) is 47.6 Å². The molecule has 0 nitrogen and oxygen atoms in total. The molecule has 6 atom stereocenters. The summed E-state index contributed by atoms with van der Waals surface area (Å²) >= 11 is -0.395. The van der Waals surface area contributed by atoms with E-state index < -0.39 is 21.1 Å². The Labute approximate surface area is 211 Å². The fourth-order valence-electron chi connectivity index (χ4n) is 5.69. The summed E-state index contributed by atoms with van der Waals surface area (Å²) in [5, 5.41) is 0.764. The summed E-state index contributed by atoms with van der Waals surface area (Å²) in [6, 6.07) is 0. The third-order valence-corrected chi connectivity index (χ3v) is 19.5. The molecule has 6 heteroatoms. The number of allylic oxidation sites excluding steroid dienone is 5. The third-order valence-electron chi connectivity index (χ3n) is 6.81. The van der Waals surface area contributed by atoms with Crippen molar-refractivity contribution in [3.05, 3.63) is 49.9 Å². The van der Waals surface area contributed by atoms with E-state index >= 15 is 0 Å². The van der Waals surface area contributed by atoms with Crippen molar-refractivity contribution in [1.29, 1.82) is 0 Å². The van der Waals surface area contributed by atoms with Gasteiger partial charge in [0.15, 0.2) is 0 Å². The number of rotatable bonds is 1. The normalized spacial score (nSPS) is 42.5. The van der Waals surface area contributed by atoms with Crippen molar-refractivity contribution in [2.24, 2.45) is 17.8 Å². The van der Waals surface area contributed by atoms with E-state index in [1.165, 1.54) is 11.5 Å². The van der Waals surface area contributed by atoms with Gasteiger partial charge < -0.3 is 7.43 Å². The predicted octanol–water partition coefficient (Wildman–Crippen LogP) is 5.25. The smallest absolute Gasteiger partial charge is 0 e. The maximum absolute atomic E-state index is 4.08. The second kappa shape index (κ2) is 6.62. The van der Waals surface area contributed by atoms with Gasteiger partial charge in [0, 0.05) is 40.4 Å². The summed E-state index contributed by atoms with van der Waals surface area (Å²) in [4.78, 5) is 8.12. The average molecular weight is 658 g/mol. The molecule has 1 saturated carbocycles. The van der Waals surface area contributed by atoms with E-state index in [1.54, 1.807) is 25.2 Å². The van der Waals surface area contributed by atoms with E-state index in [9.17, 15) is 0 Å². The monoisotopic (exact) mass is 660 g/mol. The Morgan fingerprint density at radius 1 is 1.15 bits per heavy atom. The SMILES string of the molecule is [CH3-].[CH3][Sn][C]1=[C-]C2CS3=C4C5=C(C3)C(C)=C(C)C3SS6=C(C(=C1S6)C42)C53.[Sm]. The summed E-state index contributed by atoms with van der Waals surface area (Å²) in [7, 11) is 5.54. The minimum absolute atomic E-state index is 0. The van der Waals surface area contributed by atoms with Crippen LogP contribution in [0.25, 0.3) is 0 Å². The molecule has 4 aliphatic heterocycles. The van der Waals surface area contributed by atoms with Gasteiger partial charge in [-0.05, 0) is 0 Å². The van der Waals surface area contributed by atoms with Gasteiger partial charge in [0.05, 0.1) is 0 Å². The van der Waals surface area contributed by atoms with Gasteiger partial charge >= 0.3 is 167 Å². The van der Waals surface area contributed by atoms with Gasteiger partial charge in [-0.3, -0.25) is 0 Å². The van der Waals surface area contributed by atoms with Gasteiger partial charge in [0.2, 0.25) is 0 Å². The van der Waals surface area contributed by atoms with E-state index in [0.717, 1.165) is 23.0 Å². The topological polar surface area (TPSA) is 0 Å². The predicted molar refractivity (Wildman–Crippen MR) is 122 cm³/mol. The van der Waals surface area contributed by atoms with Crippen LogP contribution in [0.2, 0.25) is 4.94 Å². The fourth-order valence-corrected chi connectivity index (χ4v) is 21.2. The average Bonchev–Trinajstić information content (AvgIpc) is 3.29. The molecule has 136 valence electrons. The molecule has 0 aromatic rings. The van der Waals surface area contributed by atoms with Crippen LogP contribution in [-0.2, 0) is 0 Å². The Morgan fingerprint density at radius 3 is 2.73 bits per heavy atom. The molecule has 0 saturated heterocycles. The molecule has 26 heavy (non-hydrogen) atoms. The molecule has 0 bridgehead atoms. The summed E-state index contributed by atoms with van der Waals surface area (Å²) in [6.07, 6.45) is 4.08. The molecule has 7 aliphatic rings. The maximum Gasteiger partial charge on any atom is 0 e. The Bertz CT molecular complexity index is 993. The number of hydrogen-bond acceptors (Lipinski definition) is 2. The fraction of sp³-hybridized carbons (Fsp3) is 0.450. The third kappa shape index (κ3) is 2.15. The molecule has 7 rings (SSSR count). The number of hydrogen-bond donors (Lipinski definition) is 0. The summed E-state index contributed by atoms with van der Waals surface area (Å²) in [5.74, 6) is 5.11. The molecule has 4 heterocycles. The van der Waals surface area contributed by atoms with Gasteiger partial charge in [-0.1, -0.05) is 0 Å². The van der Waals surface area contributed by atoms with Gasteiger partial charge in [-0.2, -0.15) is 0 Å². The van der Waals surface area contributed by atoms with Crippen LogP contribution >= 0.6 is 40.6 Å². The molecule has 0 aromatic carbocycles. The Balaban J connectivity index is 0.000000750.